The summed E-state index contributed by atoms with van der Waals surface area (Å²) in [5, 5.41) is 5.60. The molecule has 0 amide bonds. The Morgan fingerprint density at radius 2 is 1.55 bits per heavy atom. The molecule has 4 aromatic rings. The lowest BCUT2D eigenvalue weighted by atomic mass is 10.1. The minimum Gasteiger partial charge on any atom is -0.261 e. The highest BCUT2D eigenvalue weighted by Crippen LogP contribution is 2.31. The average Bonchev–Trinajstić information content (AvgIpc) is 3.12. The molecular weight excluding hydrogens is 429 g/mol. The second-order valence-corrected chi connectivity index (χ2v) is 8.80. The summed E-state index contributed by atoms with van der Waals surface area (Å²) in [7, 11) is -3.81. The van der Waals surface area contributed by atoms with Crippen LogP contribution >= 0.6 is 23.2 Å². The van der Waals surface area contributed by atoms with Crippen LogP contribution in [0.2, 0.25) is 10.0 Å². The molecule has 0 radical (unpaired) electrons. The van der Waals surface area contributed by atoms with Gasteiger partial charge >= 0.3 is 0 Å². The predicted octanol–water partition coefficient (Wildman–Crippen LogP) is 5.65. The van der Waals surface area contributed by atoms with Gasteiger partial charge in [0, 0.05) is 21.8 Å². The smallest absolute Gasteiger partial charge is 0.261 e. The molecule has 5 nitrogen and oxygen atoms in total. The predicted molar refractivity (Wildman–Crippen MR) is 116 cm³/mol. The van der Waals surface area contributed by atoms with Crippen molar-refractivity contribution >= 4 is 39.0 Å². The summed E-state index contributed by atoms with van der Waals surface area (Å²) in [4.78, 5) is 0.152. The van der Waals surface area contributed by atoms with Gasteiger partial charge in [-0.15, -0.1) is 5.10 Å². The lowest BCUT2D eigenvalue weighted by molar-refractivity contribution is 0.601. The summed E-state index contributed by atoms with van der Waals surface area (Å²) in [5.41, 5.74) is 2.09. The number of nitrogens with one attached hydrogen (secondary N) is 1. The number of rotatable bonds is 5. The van der Waals surface area contributed by atoms with Gasteiger partial charge in [-0.3, -0.25) is 4.72 Å². The number of halogens is 2. The monoisotopic (exact) mass is 443 g/mol. The van der Waals surface area contributed by atoms with Crippen LogP contribution in [-0.4, -0.2) is 18.2 Å². The number of hydrogen-bond donors (Lipinski definition) is 1. The molecule has 0 fully saturated rings. The van der Waals surface area contributed by atoms with Gasteiger partial charge in [0.2, 0.25) is 0 Å². The van der Waals surface area contributed by atoms with Gasteiger partial charge in [-0.05, 0) is 48.0 Å². The molecule has 8 heteroatoms. The SMILES string of the molecule is O=S(=O)(Nc1nn(-c2cccc(Cl)c2)cc1-c1ccc(Cl)cc1)c1ccccc1. The molecule has 0 unspecified atom stereocenters. The van der Waals surface area contributed by atoms with E-state index in [1.54, 1.807) is 59.4 Å². The topological polar surface area (TPSA) is 64.0 Å². The summed E-state index contributed by atoms with van der Waals surface area (Å²) in [6, 6.07) is 22.4. The Balaban J connectivity index is 1.82. The van der Waals surface area contributed by atoms with Gasteiger partial charge < -0.3 is 0 Å². The lowest BCUT2D eigenvalue weighted by Crippen LogP contribution is -2.14. The second-order valence-electron chi connectivity index (χ2n) is 6.24. The van der Waals surface area contributed by atoms with Crippen LogP contribution in [0.4, 0.5) is 5.82 Å². The van der Waals surface area contributed by atoms with E-state index >= 15 is 0 Å². The zero-order valence-corrected chi connectivity index (χ0v) is 17.3. The Kier molecular flexibility index (Phi) is 5.32. The quantitative estimate of drug-likeness (QED) is 0.433. The van der Waals surface area contributed by atoms with Gasteiger partial charge in [-0.25, -0.2) is 13.1 Å². The van der Waals surface area contributed by atoms with E-state index in [1.165, 1.54) is 12.1 Å². The molecular formula is C21H15Cl2N3O2S. The van der Waals surface area contributed by atoms with Crippen LogP contribution in [-0.2, 0) is 10.0 Å². The third-order valence-electron chi connectivity index (χ3n) is 4.23. The number of sulfonamides is 1. The summed E-state index contributed by atoms with van der Waals surface area (Å²) < 4.78 is 29.9. The molecule has 0 saturated carbocycles. The first-order valence-electron chi connectivity index (χ1n) is 8.62. The van der Waals surface area contributed by atoms with Gasteiger partial charge in [0.1, 0.15) is 0 Å². The van der Waals surface area contributed by atoms with Crippen LogP contribution in [0.15, 0.2) is 90.0 Å². The van der Waals surface area contributed by atoms with Crippen LogP contribution in [0.3, 0.4) is 0 Å². The molecule has 1 aromatic heterocycles. The first kappa shape index (κ1) is 19.5. The standard InChI is InChI=1S/C21H15Cl2N3O2S/c22-16-11-9-15(10-12-16)20-14-26(18-6-4-5-17(23)13-18)24-21(20)25-29(27,28)19-7-2-1-3-8-19/h1-14H,(H,24,25). The number of nitrogens with zero attached hydrogens (tertiary/aromatic N) is 2. The summed E-state index contributed by atoms with van der Waals surface area (Å²) >= 11 is 12.1. The Bertz CT molecular complexity index is 1250. The minimum absolute atomic E-state index is 0.152. The zero-order valence-electron chi connectivity index (χ0n) is 15.0. The third kappa shape index (κ3) is 4.29. The highest BCUT2D eigenvalue weighted by molar-refractivity contribution is 7.92. The molecule has 0 aliphatic heterocycles. The van der Waals surface area contributed by atoms with Crippen molar-refractivity contribution in [3.63, 3.8) is 0 Å². The molecule has 0 aliphatic rings. The third-order valence-corrected chi connectivity index (χ3v) is 6.07. The highest BCUT2D eigenvalue weighted by Gasteiger charge is 2.20. The highest BCUT2D eigenvalue weighted by atomic mass is 35.5. The number of aromatic nitrogens is 2. The maximum atomic E-state index is 12.8. The van der Waals surface area contributed by atoms with Crippen molar-refractivity contribution in [1.29, 1.82) is 0 Å². The maximum absolute atomic E-state index is 12.8. The molecule has 0 spiro atoms. The van der Waals surface area contributed by atoms with Crippen LogP contribution in [0.5, 0.6) is 0 Å². The second kappa shape index (κ2) is 7.91. The van der Waals surface area contributed by atoms with Crippen molar-refractivity contribution in [3.05, 3.63) is 95.1 Å². The molecule has 4 rings (SSSR count). The zero-order chi connectivity index (χ0) is 20.4. The van der Waals surface area contributed by atoms with Crippen molar-refractivity contribution in [1.82, 2.24) is 9.78 Å². The lowest BCUT2D eigenvalue weighted by Gasteiger charge is -2.08. The van der Waals surface area contributed by atoms with Crippen molar-refractivity contribution in [3.8, 4) is 16.8 Å². The van der Waals surface area contributed by atoms with Gasteiger partial charge in [-0.2, -0.15) is 0 Å². The van der Waals surface area contributed by atoms with Crippen molar-refractivity contribution in [2.24, 2.45) is 0 Å². The molecule has 0 atom stereocenters. The Morgan fingerprint density at radius 1 is 0.828 bits per heavy atom. The fourth-order valence-corrected chi connectivity index (χ4v) is 4.18. The van der Waals surface area contributed by atoms with Gasteiger partial charge in [0.25, 0.3) is 10.0 Å². The Morgan fingerprint density at radius 3 is 2.24 bits per heavy atom. The first-order valence-corrected chi connectivity index (χ1v) is 10.9. The normalized spacial score (nSPS) is 11.4. The molecule has 0 saturated heterocycles. The van der Waals surface area contributed by atoms with Gasteiger partial charge in [0.15, 0.2) is 5.82 Å². The largest absolute Gasteiger partial charge is 0.263 e. The minimum atomic E-state index is -3.81. The Hall–Kier alpha value is -2.80. The first-order chi connectivity index (χ1) is 13.9. The molecule has 0 bridgehead atoms. The molecule has 1 N–H and O–H groups in total. The number of benzene rings is 3. The van der Waals surface area contributed by atoms with E-state index in [2.05, 4.69) is 9.82 Å². The van der Waals surface area contributed by atoms with E-state index in [4.69, 9.17) is 23.2 Å². The van der Waals surface area contributed by atoms with Crippen molar-refractivity contribution in [2.75, 3.05) is 4.72 Å². The number of hydrogen-bond acceptors (Lipinski definition) is 3. The van der Waals surface area contributed by atoms with E-state index in [0.29, 0.717) is 21.3 Å². The molecule has 3 aromatic carbocycles. The van der Waals surface area contributed by atoms with E-state index in [-0.39, 0.29) is 10.7 Å². The Labute approximate surface area is 178 Å². The maximum Gasteiger partial charge on any atom is 0.263 e. The molecule has 29 heavy (non-hydrogen) atoms. The van der Waals surface area contributed by atoms with E-state index < -0.39 is 10.0 Å². The number of anilines is 1. The van der Waals surface area contributed by atoms with Crippen LogP contribution < -0.4 is 4.72 Å². The summed E-state index contributed by atoms with van der Waals surface area (Å²) in [6.07, 6.45) is 1.75. The van der Waals surface area contributed by atoms with Crippen LogP contribution in [0.25, 0.3) is 16.8 Å². The van der Waals surface area contributed by atoms with E-state index in [1.807, 2.05) is 18.2 Å². The summed E-state index contributed by atoms with van der Waals surface area (Å²) in [5.74, 6) is 0.205. The fraction of sp³-hybridized carbons (Fsp3) is 0. The van der Waals surface area contributed by atoms with Crippen LogP contribution in [0, 0.1) is 0 Å². The van der Waals surface area contributed by atoms with Crippen LogP contribution in [0.1, 0.15) is 0 Å². The molecule has 1 heterocycles. The van der Waals surface area contributed by atoms with E-state index in [0.717, 1.165) is 5.56 Å². The van der Waals surface area contributed by atoms with Crippen molar-refractivity contribution in [2.45, 2.75) is 4.90 Å². The van der Waals surface area contributed by atoms with E-state index in [9.17, 15) is 8.42 Å². The molecule has 146 valence electrons. The molecule has 0 aliphatic carbocycles. The van der Waals surface area contributed by atoms with Gasteiger partial charge in [0.05, 0.1) is 10.6 Å². The fourth-order valence-electron chi connectivity index (χ4n) is 2.83. The van der Waals surface area contributed by atoms with Crippen molar-refractivity contribution < 1.29 is 8.42 Å². The van der Waals surface area contributed by atoms with Gasteiger partial charge in [-0.1, -0.05) is 59.6 Å². The summed E-state index contributed by atoms with van der Waals surface area (Å²) in [6.45, 7) is 0. The average molecular weight is 444 g/mol.